The highest BCUT2D eigenvalue weighted by Gasteiger charge is 2.08. The van der Waals surface area contributed by atoms with E-state index < -0.39 is 0 Å². The number of methoxy groups -OCH3 is 1. The molecule has 17 heavy (non-hydrogen) atoms. The van der Waals surface area contributed by atoms with Gasteiger partial charge in [0.15, 0.2) is 0 Å². The van der Waals surface area contributed by atoms with Crippen LogP contribution in [-0.4, -0.2) is 19.0 Å². The quantitative estimate of drug-likeness (QED) is 0.816. The van der Waals surface area contributed by atoms with Crippen molar-refractivity contribution in [2.24, 2.45) is 0 Å². The van der Waals surface area contributed by atoms with E-state index >= 15 is 0 Å². The molecule has 4 nitrogen and oxygen atoms in total. The summed E-state index contributed by atoms with van der Waals surface area (Å²) in [7, 11) is 1.34. The Morgan fingerprint density at radius 1 is 1.35 bits per heavy atom. The van der Waals surface area contributed by atoms with Crippen molar-refractivity contribution < 1.29 is 14.3 Å². The maximum atomic E-state index is 11.4. The van der Waals surface area contributed by atoms with Gasteiger partial charge in [0.25, 0.3) is 0 Å². The number of carbonyl (C=O) groups is 2. The predicted octanol–water partition coefficient (Wildman–Crippen LogP) is 2.52. The van der Waals surface area contributed by atoms with Gasteiger partial charge in [-0.3, -0.25) is 4.79 Å². The van der Waals surface area contributed by atoms with E-state index in [0.717, 1.165) is 17.7 Å². The molecular weight excluding hydrogens is 218 g/mol. The van der Waals surface area contributed by atoms with Gasteiger partial charge in [0.1, 0.15) is 0 Å². The smallest absolute Gasteiger partial charge is 0.337 e. The van der Waals surface area contributed by atoms with Crippen molar-refractivity contribution in [1.29, 1.82) is 0 Å². The molecule has 1 aromatic carbocycles. The molecular formula is C13H17NO3. The Labute approximate surface area is 101 Å². The van der Waals surface area contributed by atoms with E-state index in [1.165, 1.54) is 7.11 Å². The third-order valence-corrected chi connectivity index (χ3v) is 2.40. The van der Waals surface area contributed by atoms with Crippen LogP contribution in [0.4, 0.5) is 5.69 Å². The van der Waals surface area contributed by atoms with Crippen molar-refractivity contribution in [3.63, 3.8) is 0 Å². The fourth-order valence-corrected chi connectivity index (χ4v) is 1.49. The van der Waals surface area contributed by atoms with Crippen molar-refractivity contribution in [2.45, 2.75) is 26.7 Å². The van der Waals surface area contributed by atoms with Crippen molar-refractivity contribution in [3.05, 3.63) is 29.3 Å². The number of hydrogen-bond acceptors (Lipinski definition) is 3. The summed E-state index contributed by atoms with van der Waals surface area (Å²) in [5.41, 5.74) is 2.06. The third-order valence-electron chi connectivity index (χ3n) is 2.40. The number of rotatable bonds is 4. The SMILES string of the molecule is CCCC(=O)Nc1ccc(C(=O)OC)cc1C. The molecule has 0 bridgehead atoms. The maximum absolute atomic E-state index is 11.4. The van der Waals surface area contributed by atoms with E-state index in [0.29, 0.717) is 12.0 Å². The number of esters is 1. The number of hydrogen-bond donors (Lipinski definition) is 1. The Hall–Kier alpha value is -1.84. The number of ether oxygens (including phenoxy) is 1. The Morgan fingerprint density at radius 3 is 2.59 bits per heavy atom. The Balaban J connectivity index is 2.83. The molecule has 0 radical (unpaired) electrons. The molecule has 0 unspecified atom stereocenters. The number of benzene rings is 1. The van der Waals surface area contributed by atoms with Crippen LogP contribution in [0.3, 0.4) is 0 Å². The largest absolute Gasteiger partial charge is 0.465 e. The number of carbonyl (C=O) groups excluding carboxylic acids is 2. The molecule has 0 aliphatic heterocycles. The van der Waals surface area contributed by atoms with Gasteiger partial charge >= 0.3 is 5.97 Å². The molecule has 0 saturated carbocycles. The van der Waals surface area contributed by atoms with Crippen LogP contribution in [0, 0.1) is 6.92 Å². The average molecular weight is 235 g/mol. The van der Waals surface area contributed by atoms with Gasteiger partial charge in [-0.25, -0.2) is 4.79 Å². The molecule has 1 aromatic rings. The second kappa shape index (κ2) is 6.03. The number of nitrogens with one attached hydrogen (secondary N) is 1. The summed E-state index contributed by atoms with van der Waals surface area (Å²) in [6.07, 6.45) is 1.31. The summed E-state index contributed by atoms with van der Waals surface area (Å²) in [5.74, 6) is -0.388. The lowest BCUT2D eigenvalue weighted by atomic mass is 10.1. The summed E-state index contributed by atoms with van der Waals surface area (Å²) < 4.78 is 4.62. The molecule has 0 saturated heterocycles. The van der Waals surface area contributed by atoms with Crippen LogP contribution in [-0.2, 0) is 9.53 Å². The van der Waals surface area contributed by atoms with Gasteiger partial charge in [-0.1, -0.05) is 6.92 Å². The molecule has 0 aromatic heterocycles. The molecule has 0 heterocycles. The fourth-order valence-electron chi connectivity index (χ4n) is 1.49. The lowest BCUT2D eigenvalue weighted by Gasteiger charge is -2.09. The highest BCUT2D eigenvalue weighted by atomic mass is 16.5. The van der Waals surface area contributed by atoms with Crippen LogP contribution in [0.2, 0.25) is 0 Å². The van der Waals surface area contributed by atoms with Gasteiger partial charge in [0, 0.05) is 12.1 Å². The van der Waals surface area contributed by atoms with Crippen molar-refractivity contribution in [3.8, 4) is 0 Å². The van der Waals surface area contributed by atoms with Crippen molar-refractivity contribution >= 4 is 17.6 Å². The minimum atomic E-state index is -0.375. The van der Waals surface area contributed by atoms with E-state index in [2.05, 4.69) is 10.1 Å². The van der Waals surface area contributed by atoms with Gasteiger partial charge in [-0.2, -0.15) is 0 Å². The van der Waals surface area contributed by atoms with Crippen LogP contribution >= 0.6 is 0 Å². The average Bonchev–Trinajstić information content (AvgIpc) is 2.31. The summed E-state index contributed by atoms with van der Waals surface area (Å²) in [4.78, 5) is 22.7. The fraction of sp³-hybridized carbons (Fsp3) is 0.385. The molecule has 4 heteroatoms. The van der Waals surface area contributed by atoms with Crippen molar-refractivity contribution in [2.75, 3.05) is 12.4 Å². The molecule has 1 amide bonds. The first-order valence-electron chi connectivity index (χ1n) is 5.57. The minimum Gasteiger partial charge on any atom is -0.465 e. The van der Waals surface area contributed by atoms with Crippen LogP contribution < -0.4 is 5.32 Å². The number of aryl methyl sites for hydroxylation is 1. The molecule has 0 fully saturated rings. The third kappa shape index (κ3) is 3.59. The highest BCUT2D eigenvalue weighted by molar-refractivity contribution is 5.94. The van der Waals surface area contributed by atoms with Crippen LogP contribution in [0.1, 0.15) is 35.7 Å². The van der Waals surface area contributed by atoms with Gasteiger partial charge in [0.2, 0.25) is 5.91 Å². The van der Waals surface area contributed by atoms with E-state index in [9.17, 15) is 9.59 Å². The second-order valence-electron chi connectivity index (χ2n) is 3.82. The zero-order chi connectivity index (χ0) is 12.8. The van der Waals surface area contributed by atoms with E-state index in [-0.39, 0.29) is 11.9 Å². The lowest BCUT2D eigenvalue weighted by molar-refractivity contribution is -0.116. The van der Waals surface area contributed by atoms with Crippen molar-refractivity contribution in [1.82, 2.24) is 0 Å². The Bertz CT molecular complexity index is 427. The molecule has 0 atom stereocenters. The number of anilines is 1. The lowest BCUT2D eigenvalue weighted by Crippen LogP contribution is -2.12. The Morgan fingerprint density at radius 2 is 2.06 bits per heavy atom. The highest BCUT2D eigenvalue weighted by Crippen LogP contribution is 2.17. The summed E-state index contributed by atoms with van der Waals surface area (Å²) >= 11 is 0. The predicted molar refractivity (Wildman–Crippen MR) is 66.1 cm³/mol. The number of amides is 1. The molecule has 0 aliphatic carbocycles. The maximum Gasteiger partial charge on any atom is 0.337 e. The zero-order valence-electron chi connectivity index (χ0n) is 10.4. The molecule has 1 N–H and O–H groups in total. The molecule has 1 rings (SSSR count). The summed E-state index contributed by atoms with van der Waals surface area (Å²) in [5, 5.41) is 2.80. The summed E-state index contributed by atoms with van der Waals surface area (Å²) in [6, 6.07) is 5.06. The first kappa shape index (κ1) is 13.2. The first-order chi connectivity index (χ1) is 8.08. The van der Waals surface area contributed by atoms with Gasteiger partial charge in [-0.15, -0.1) is 0 Å². The normalized spacial score (nSPS) is 9.82. The second-order valence-corrected chi connectivity index (χ2v) is 3.82. The van der Waals surface area contributed by atoms with E-state index in [1.807, 2.05) is 13.8 Å². The van der Waals surface area contributed by atoms with Crippen LogP contribution in [0.5, 0.6) is 0 Å². The molecule has 92 valence electrons. The Kier molecular flexibility index (Phi) is 4.69. The van der Waals surface area contributed by atoms with E-state index in [1.54, 1.807) is 18.2 Å². The standard InChI is InChI=1S/C13H17NO3/c1-4-5-12(15)14-11-7-6-10(8-9(11)2)13(16)17-3/h6-8H,4-5H2,1-3H3,(H,14,15). The van der Waals surface area contributed by atoms with E-state index in [4.69, 9.17) is 0 Å². The summed E-state index contributed by atoms with van der Waals surface area (Å²) in [6.45, 7) is 3.79. The molecule has 0 aliphatic rings. The van der Waals surface area contributed by atoms with Gasteiger partial charge in [-0.05, 0) is 37.1 Å². The van der Waals surface area contributed by atoms with Crippen LogP contribution in [0.15, 0.2) is 18.2 Å². The van der Waals surface area contributed by atoms with Gasteiger partial charge < -0.3 is 10.1 Å². The minimum absolute atomic E-state index is 0.0126. The first-order valence-corrected chi connectivity index (χ1v) is 5.57. The topological polar surface area (TPSA) is 55.4 Å². The monoisotopic (exact) mass is 235 g/mol. The zero-order valence-corrected chi connectivity index (χ0v) is 10.4. The molecule has 0 spiro atoms. The van der Waals surface area contributed by atoms with Crippen LogP contribution in [0.25, 0.3) is 0 Å². The van der Waals surface area contributed by atoms with Gasteiger partial charge in [0.05, 0.1) is 12.7 Å².